The zero-order valence-corrected chi connectivity index (χ0v) is 12.0. The maximum Gasteiger partial charge on any atom is 0.306 e. The van der Waals surface area contributed by atoms with E-state index in [-0.39, 0.29) is 25.2 Å². The average molecular weight is 277 g/mol. The van der Waals surface area contributed by atoms with Crippen LogP contribution < -0.4 is 5.32 Å². The molecule has 0 unspecified atom stereocenters. The van der Waals surface area contributed by atoms with Crippen LogP contribution in [0, 0.1) is 13.8 Å². The first-order chi connectivity index (χ1) is 9.38. The fraction of sp³-hybridized carbons (Fsp3) is 0.400. The Hall–Kier alpha value is -2.17. The molecule has 1 amide bonds. The van der Waals surface area contributed by atoms with E-state index in [2.05, 4.69) is 5.32 Å². The van der Waals surface area contributed by atoms with E-state index in [1.165, 1.54) is 6.92 Å². The van der Waals surface area contributed by atoms with E-state index in [9.17, 15) is 14.4 Å². The molecule has 1 aromatic rings. The number of ketones is 1. The predicted molar refractivity (Wildman–Crippen MR) is 75.4 cm³/mol. The number of carbonyl (C=O) groups is 3. The second-order valence-corrected chi connectivity index (χ2v) is 4.73. The highest BCUT2D eigenvalue weighted by Crippen LogP contribution is 2.16. The number of Topliss-reactive ketones (excluding diaryl/α,β-unsaturated/α-hetero) is 1. The minimum atomic E-state index is -0.545. The van der Waals surface area contributed by atoms with Gasteiger partial charge in [0, 0.05) is 12.1 Å². The summed E-state index contributed by atoms with van der Waals surface area (Å²) in [5.74, 6) is -1.02. The van der Waals surface area contributed by atoms with E-state index in [1.54, 1.807) is 0 Å². The number of aryl methyl sites for hydroxylation is 2. The summed E-state index contributed by atoms with van der Waals surface area (Å²) in [6.07, 6.45) is 0.142. The Bertz CT molecular complexity index is 523. The fourth-order valence-corrected chi connectivity index (χ4v) is 1.55. The number of anilines is 1. The Morgan fingerprint density at radius 2 is 1.85 bits per heavy atom. The average Bonchev–Trinajstić information content (AvgIpc) is 2.38. The van der Waals surface area contributed by atoms with E-state index in [0.717, 1.165) is 11.1 Å². The van der Waals surface area contributed by atoms with Crippen molar-refractivity contribution in [2.24, 2.45) is 0 Å². The Morgan fingerprint density at radius 3 is 2.50 bits per heavy atom. The van der Waals surface area contributed by atoms with Crippen LogP contribution in [0.25, 0.3) is 0 Å². The van der Waals surface area contributed by atoms with Crippen LogP contribution >= 0.6 is 0 Å². The van der Waals surface area contributed by atoms with Crippen LogP contribution in [-0.2, 0) is 19.1 Å². The molecule has 1 rings (SSSR count). The number of carbonyl (C=O) groups excluding carboxylic acids is 3. The van der Waals surface area contributed by atoms with Gasteiger partial charge in [-0.25, -0.2) is 0 Å². The molecule has 108 valence electrons. The molecule has 0 aliphatic carbocycles. The fourth-order valence-electron chi connectivity index (χ4n) is 1.55. The van der Waals surface area contributed by atoms with Gasteiger partial charge in [-0.1, -0.05) is 12.1 Å². The third-order valence-corrected chi connectivity index (χ3v) is 2.71. The van der Waals surface area contributed by atoms with Crippen LogP contribution in [0.5, 0.6) is 0 Å². The topological polar surface area (TPSA) is 72.5 Å². The number of hydrogen-bond acceptors (Lipinski definition) is 4. The molecule has 1 aromatic carbocycles. The molecule has 0 atom stereocenters. The molecule has 0 spiro atoms. The number of ether oxygens (including phenoxy) is 1. The van der Waals surface area contributed by atoms with Crippen molar-refractivity contribution in [1.82, 2.24) is 0 Å². The van der Waals surface area contributed by atoms with Gasteiger partial charge in [0.2, 0.25) is 0 Å². The molecule has 20 heavy (non-hydrogen) atoms. The van der Waals surface area contributed by atoms with Crippen molar-refractivity contribution in [3.63, 3.8) is 0 Å². The molecule has 0 saturated carbocycles. The molecule has 0 radical (unpaired) electrons. The minimum absolute atomic E-state index is 0.00604. The SMILES string of the molecule is CC(=O)CCC(=O)OCC(=O)Nc1cc(C)ccc1C. The van der Waals surface area contributed by atoms with Crippen molar-refractivity contribution in [3.05, 3.63) is 29.3 Å². The normalized spacial score (nSPS) is 9.95. The highest BCUT2D eigenvalue weighted by atomic mass is 16.5. The smallest absolute Gasteiger partial charge is 0.306 e. The quantitative estimate of drug-likeness (QED) is 0.809. The Kier molecular flexibility index (Phi) is 5.90. The van der Waals surface area contributed by atoms with Crippen molar-refractivity contribution in [2.45, 2.75) is 33.6 Å². The van der Waals surface area contributed by atoms with Gasteiger partial charge in [0.1, 0.15) is 5.78 Å². The van der Waals surface area contributed by atoms with Gasteiger partial charge in [0.25, 0.3) is 5.91 Å². The van der Waals surface area contributed by atoms with E-state index < -0.39 is 11.9 Å². The third-order valence-electron chi connectivity index (χ3n) is 2.71. The number of amides is 1. The van der Waals surface area contributed by atoms with Gasteiger partial charge in [0.05, 0.1) is 6.42 Å². The molecule has 0 fully saturated rings. The summed E-state index contributed by atoms with van der Waals surface area (Å²) in [5, 5.41) is 2.69. The van der Waals surface area contributed by atoms with Crippen molar-refractivity contribution in [3.8, 4) is 0 Å². The zero-order valence-electron chi connectivity index (χ0n) is 12.0. The van der Waals surface area contributed by atoms with Gasteiger partial charge >= 0.3 is 5.97 Å². The third kappa shape index (κ3) is 5.65. The van der Waals surface area contributed by atoms with Crippen LogP contribution in [0.15, 0.2) is 18.2 Å². The molecule has 0 heterocycles. The summed E-state index contributed by atoms with van der Waals surface area (Å²) >= 11 is 0. The van der Waals surface area contributed by atoms with Crippen LogP contribution in [-0.4, -0.2) is 24.3 Å². The summed E-state index contributed by atoms with van der Waals surface area (Å²) in [5.41, 5.74) is 2.67. The Balaban J connectivity index is 2.42. The summed E-state index contributed by atoms with van der Waals surface area (Å²) < 4.78 is 4.79. The monoisotopic (exact) mass is 277 g/mol. The standard InChI is InChI=1S/C15H19NO4/c1-10-4-5-11(2)13(8-10)16-14(18)9-20-15(19)7-6-12(3)17/h4-5,8H,6-7,9H2,1-3H3,(H,16,18). The molecule has 0 saturated heterocycles. The number of rotatable bonds is 6. The van der Waals surface area contributed by atoms with Gasteiger partial charge < -0.3 is 14.8 Å². The lowest BCUT2D eigenvalue weighted by Crippen LogP contribution is -2.21. The molecule has 5 nitrogen and oxygen atoms in total. The first-order valence-corrected chi connectivity index (χ1v) is 6.40. The van der Waals surface area contributed by atoms with Gasteiger partial charge in [0.15, 0.2) is 6.61 Å². The second-order valence-electron chi connectivity index (χ2n) is 4.73. The zero-order chi connectivity index (χ0) is 15.1. The largest absolute Gasteiger partial charge is 0.456 e. The van der Waals surface area contributed by atoms with Gasteiger partial charge in [-0.15, -0.1) is 0 Å². The molecular weight excluding hydrogens is 258 g/mol. The lowest BCUT2D eigenvalue weighted by molar-refractivity contribution is -0.148. The van der Waals surface area contributed by atoms with Crippen molar-refractivity contribution in [1.29, 1.82) is 0 Å². The Morgan fingerprint density at radius 1 is 1.15 bits per heavy atom. The van der Waals surface area contributed by atoms with E-state index >= 15 is 0 Å². The van der Waals surface area contributed by atoms with Crippen molar-refractivity contribution in [2.75, 3.05) is 11.9 Å². The number of esters is 1. The van der Waals surface area contributed by atoms with Crippen LogP contribution in [0.1, 0.15) is 30.9 Å². The Labute approximate surface area is 118 Å². The first kappa shape index (κ1) is 15.9. The van der Waals surface area contributed by atoms with Gasteiger partial charge in [-0.05, 0) is 38.0 Å². The predicted octanol–water partition coefficient (Wildman–Crippen LogP) is 2.15. The molecule has 0 aromatic heterocycles. The molecule has 0 aliphatic heterocycles. The lowest BCUT2D eigenvalue weighted by Gasteiger charge is -2.09. The molecule has 0 aliphatic rings. The lowest BCUT2D eigenvalue weighted by atomic mass is 10.1. The van der Waals surface area contributed by atoms with Crippen molar-refractivity contribution < 1.29 is 19.1 Å². The molecule has 0 bridgehead atoms. The number of hydrogen-bond donors (Lipinski definition) is 1. The maximum atomic E-state index is 11.7. The van der Waals surface area contributed by atoms with Crippen LogP contribution in [0.2, 0.25) is 0 Å². The highest BCUT2D eigenvalue weighted by Gasteiger charge is 2.09. The summed E-state index contributed by atoms with van der Waals surface area (Å²) in [6, 6.07) is 5.71. The minimum Gasteiger partial charge on any atom is -0.456 e. The van der Waals surface area contributed by atoms with E-state index in [1.807, 2.05) is 32.0 Å². The summed E-state index contributed by atoms with van der Waals surface area (Å²) in [6.45, 7) is 4.87. The maximum absolute atomic E-state index is 11.7. The number of nitrogens with one attached hydrogen (secondary N) is 1. The summed E-state index contributed by atoms with van der Waals surface area (Å²) in [4.78, 5) is 33.6. The van der Waals surface area contributed by atoms with Gasteiger partial charge in [-0.3, -0.25) is 9.59 Å². The van der Waals surface area contributed by atoms with Crippen molar-refractivity contribution >= 4 is 23.3 Å². The van der Waals surface area contributed by atoms with E-state index in [0.29, 0.717) is 5.69 Å². The summed E-state index contributed by atoms with van der Waals surface area (Å²) in [7, 11) is 0. The van der Waals surface area contributed by atoms with E-state index in [4.69, 9.17) is 4.74 Å². The highest BCUT2D eigenvalue weighted by molar-refractivity contribution is 5.93. The first-order valence-electron chi connectivity index (χ1n) is 6.40. The second kappa shape index (κ2) is 7.43. The molecular formula is C15H19NO4. The molecule has 5 heteroatoms. The molecule has 1 N–H and O–H groups in total. The number of benzene rings is 1. The van der Waals surface area contributed by atoms with Gasteiger partial charge in [-0.2, -0.15) is 0 Å². The van der Waals surface area contributed by atoms with Crippen LogP contribution in [0.3, 0.4) is 0 Å². The van der Waals surface area contributed by atoms with Crippen LogP contribution in [0.4, 0.5) is 5.69 Å².